The maximum Gasteiger partial charge on any atom is 0.263 e. The number of anilines is 2. The summed E-state index contributed by atoms with van der Waals surface area (Å²) in [6.45, 7) is 2.20. The molecule has 1 N–H and O–H groups in total. The van der Waals surface area contributed by atoms with Crippen molar-refractivity contribution in [2.75, 3.05) is 28.4 Å². The van der Waals surface area contributed by atoms with Gasteiger partial charge in [0.1, 0.15) is 10.6 Å². The second kappa shape index (κ2) is 8.41. The van der Waals surface area contributed by atoms with Crippen LogP contribution in [-0.2, 0) is 26.5 Å². The Morgan fingerprint density at radius 2 is 1.90 bits per heavy atom. The molecule has 0 radical (unpaired) electrons. The van der Waals surface area contributed by atoms with Crippen molar-refractivity contribution in [2.24, 2.45) is 0 Å². The zero-order valence-electron chi connectivity index (χ0n) is 16.2. The third-order valence-corrected chi connectivity index (χ3v) is 8.48. The van der Waals surface area contributed by atoms with E-state index >= 15 is 0 Å². The summed E-state index contributed by atoms with van der Waals surface area (Å²) >= 11 is 6.11. The van der Waals surface area contributed by atoms with Gasteiger partial charge in [-0.25, -0.2) is 16.8 Å². The molecule has 0 spiro atoms. The highest BCUT2D eigenvalue weighted by atomic mass is 35.5. The Hall–Kier alpha value is -1.97. The Morgan fingerprint density at radius 1 is 1.14 bits per heavy atom. The Kier molecular flexibility index (Phi) is 6.30. The third-order valence-electron chi connectivity index (χ3n) is 4.64. The molecule has 10 heteroatoms. The first-order valence-electron chi connectivity index (χ1n) is 9.17. The number of fused-ring (bicyclic) bond motifs is 1. The van der Waals surface area contributed by atoms with Crippen molar-refractivity contribution < 1.29 is 21.6 Å². The largest absolute Gasteiger partial charge is 0.497 e. The lowest BCUT2D eigenvalue weighted by Gasteiger charge is -2.31. The number of sulfonamides is 2. The molecule has 0 atom stereocenters. The van der Waals surface area contributed by atoms with Crippen LogP contribution in [0.4, 0.5) is 11.4 Å². The monoisotopic (exact) mass is 458 g/mol. The predicted molar refractivity (Wildman–Crippen MR) is 115 cm³/mol. The van der Waals surface area contributed by atoms with E-state index in [0.717, 1.165) is 18.4 Å². The fourth-order valence-corrected chi connectivity index (χ4v) is 6.50. The minimum Gasteiger partial charge on any atom is -0.497 e. The van der Waals surface area contributed by atoms with Gasteiger partial charge in [0, 0.05) is 12.6 Å². The topological polar surface area (TPSA) is 92.8 Å². The number of nitrogens with zero attached hydrogens (tertiary/aromatic N) is 1. The van der Waals surface area contributed by atoms with Crippen molar-refractivity contribution in [3.05, 3.63) is 47.0 Å². The van der Waals surface area contributed by atoms with Crippen LogP contribution in [0.5, 0.6) is 5.75 Å². The molecule has 29 heavy (non-hydrogen) atoms. The summed E-state index contributed by atoms with van der Waals surface area (Å²) < 4.78 is 59.8. The molecule has 0 bridgehead atoms. The van der Waals surface area contributed by atoms with Crippen LogP contribution in [0.2, 0.25) is 5.02 Å². The van der Waals surface area contributed by atoms with E-state index in [9.17, 15) is 16.8 Å². The first-order chi connectivity index (χ1) is 13.7. The highest BCUT2D eigenvalue weighted by Crippen LogP contribution is 2.34. The lowest BCUT2D eigenvalue weighted by molar-refractivity contribution is 0.414. The number of ether oxygens (including phenoxy) is 1. The number of aryl methyl sites for hydroxylation is 1. The molecule has 0 aromatic heterocycles. The van der Waals surface area contributed by atoms with Gasteiger partial charge in [0.2, 0.25) is 10.0 Å². The normalized spacial score (nSPS) is 14.4. The van der Waals surface area contributed by atoms with Crippen molar-refractivity contribution in [1.82, 2.24) is 0 Å². The van der Waals surface area contributed by atoms with Gasteiger partial charge < -0.3 is 4.74 Å². The van der Waals surface area contributed by atoms with Gasteiger partial charge in [-0.2, -0.15) is 0 Å². The SMILES string of the molecule is CCCS(=O)(=O)N1CCCc2ccc(NS(=O)(=O)c3ccc(OC)cc3Cl)cc21. The number of benzene rings is 2. The molecule has 0 unspecified atom stereocenters. The number of rotatable bonds is 7. The van der Waals surface area contributed by atoms with Gasteiger partial charge in [-0.3, -0.25) is 9.03 Å². The minimum atomic E-state index is -3.96. The molecule has 0 saturated carbocycles. The number of halogens is 1. The molecule has 2 aromatic carbocycles. The first kappa shape index (κ1) is 21.7. The van der Waals surface area contributed by atoms with Crippen molar-refractivity contribution in [3.63, 3.8) is 0 Å². The number of nitrogens with one attached hydrogen (secondary N) is 1. The summed E-state index contributed by atoms with van der Waals surface area (Å²) in [5.74, 6) is 0.489. The molecular formula is C19H23ClN2O5S2. The molecule has 7 nitrogen and oxygen atoms in total. The van der Waals surface area contributed by atoms with E-state index in [2.05, 4.69) is 4.72 Å². The lowest BCUT2D eigenvalue weighted by atomic mass is 10.0. The van der Waals surface area contributed by atoms with Gasteiger partial charge in [-0.15, -0.1) is 0 Å². The number of hydrogen-bond acceptors (Lipinski definition) is 5. The van der Waals surface area contributed by atoms with Crippen LogP contribution in [0, 0.1) is 0 Å². The summed E-state index contributed by atoms with van der Waals surface area (Å²) in [6, 6.07) is 9.24. The zero-order chi connectivity index (χ0) is 21.2. The Morgan fingerprint density at radius 3 is 2.55 bits per heavy atom. The minimum absolute atomic E-state index is 0.0296. The van der Waals surface area contributed by atoms with Crippen molar-refractivity contribution >= 4 is 43.0 Å². The number of hydrogen-bond donors (Lipinski definition) is 1. The van der Waals surface area contributed by atoms with Gasteiger partial charge in [0.25, 0.3) is 10.0 Å². The van der Waals surface area contributed by atoms with Crippen LogP contribution in [-0.4, -0.2) is 36.2 Å². The highest BCUT2D eigenvalue weighted by molar-refractivity contribution is 7.93. The van der Waals surface area contributed by atoms with Crippen molar-refractivity contribution in [3.8, 4) is 5.75 Å². The fraction of sp³-hybridized carbons (Fsp3) is 0.368. The van der Waals surface area contributed by atoms with E-state index in [1.807, 2.05) is 6.92 Å². The molecule has 0 saturated heterocycles. The molecule has 2 aromatic rings. The van der Waals surface area contributed by atoms with Crippen molar-refractivity contribution in [1.29, 1.82) is 0 Å². The summed E-state index contributed by atoms with van der Waals surface area (Å²) in [5.41, 5.74) is 1.67. The highest BCUT2D eigenvalue weighted by Gasteiger charge is 2.27. The first-order valence-corrected chi connectivity index (χ1v) is 12.6. The molecule has 0 fully saturated rings. The predicted octanol–water partition coefficient (Wildman–Crippen LogP) is 3.64. The van der Waals surface area contributed by atoms with Gasteiger partial charge in [-0.1, -0.05) is 24.6 Å². The molecule has 3 rings (SSSR count). The summed E-state index contributed by atoms with van der Waals surface area (Å²) in [7, 11) is -5.96. The van der Waals surface area contributed by atoms with Crippen molar-refractivity contribution in [2.45, 2.75) is 31.1 Å². The summed E-state index contributed by atoms with van der Waals surface area (Å²) in [6.07, 6.45) is 1.98. The maximum absolute atomic E-state index is 12.8. The molecule has 1 aliphatic heterocycles. The van der Waals surface area contributed by atoms with Gasteiger partial charge >= 0.3 is 0 Å². The van der Waals surface area contributed by atoms with Crippen LogP contribution in [0.25, 0.3) is 0 Å². The van der Waals surface area contributed by atoms with Crippen LogP contribution in [0.15, 0.2) is 41.3 Å². The molecular weight excluding hydrogens is 436 g/mol. The maximum atomic E-state index is 12.8. The molecule has 1 aliphatic rings. The zero-order valence-corrected chi connectivity index (χ0v) is 18.6. The van der Waals surface area contributed by atoms with E-state index in [1.165, 1.54) is 29.6 Å². The molecule has 0 aliphatic carbocycles. The average molecular weight is 459 g/mol. The van der Waals surface area contributed by atoms with E-state index in [-0.39, 0.29) is 21.4 Å². The van der Waals surface area contributed by atoms with Gasteiger partial charge in [0.15, 0.2) is 0 Å². The Bertz CT molecular complexity index is 1120. The fourth-order valence-electron chi connectivity index (χ4n) is 3.30. The number of methoxy groups -OCH3 is 1. The molecule has 1 heterocycles. The molecule has 0 amide bonds. The van der Waals surface area contributed by atoms with Gasteiger partial charge in [-0.05, 0) is 49.1 Å². The average Bonchev–Trinajstić information content (AvgIpc) is 2.66. The van der Waals surface area contributed by atoms with Crippen LogP contribution in [0.1, 0.15) is 25.3 Å². The van der Waals surface area contributed by atoms with Crippen LogP contribution < -0.4 is 13.8 Å². The second-order valence-corrected chi connectivity index (χ2v) is 10.8. The van der Waals surface area contributed by atoms with Gasteiger partial charge in [0.05, 0.1) is 29.3 Å². The third kappa shape index (κ3) is 4.62. The quantitative estimate of drug-likeness (QED) is 0.683. The lowest BCUT2D eigenvalue weighted by Crippen LogP contribution is -2.37. The van der Waals surface area contributed by atoms with Crippen LogP contribution in [0.3, 0.4) is 0 Å². The van der Waals surface area contributed by atoms with E-state index in [0.29, 0.717) is 24.4 Å². The van der Waals surface area contributed by atoms with Crippen LogP contribution >= 0.6 is 11.6 Å². The molecule has 158 valence electrons. The Labute approximate surface area is 176 Å². The second-order valence-electron chi connectivity index (χ2n) is 6.74. The standard InChI is InChI=1S/C19H23ClN2O5S2/c1-3-11-28(23,24)22-10-4-5-14-6-7-15(12-18(14)22)21-29(25,26)19-9-8-16(27-2)13-17(19)20/h6-9,12-13,21H,3-5,10-11H2,1-2H3. The van der Waals surface area contributed by atoms with E-state index in [4.69, 9.17) is 16.3 Å². The Balaban J connectivity index is 1.95. The van der Waals surface area contributed by atoms with E-state index in [1.54, 1.807) is 18.2 Å². The summed E-state index contributed by atoms with van der Waals surface area (Å²) in [5, 5.41) is 0.0296. The summed E-state index contributed by atoms with van der Waals surface area (Å²) in [4.78, 5) is -0.0897. The smallest absolute Gasteiger partial charge is 0.263 e. The van der Waals surface area contributed by atoms with E-state index < -0.39 is 20.0 Å².